The number of rotatable bonds is 9. The van der Waals surface area contributed by atoms with Crippen molar-refractivity contribution in [3.8, 4) is 0 Å². The van der Waals surface area contributed by atoms with Crippen molar-refractivity contribution in [2.24, 2.45) is 5.73 Å². The molecule has 2 amide bonds. The molecule has 2 saturated heterocycles. The van der Waals surface area contributed by atoms with Gasteiger partial charge in [-0.05, 0) is 74.5 Å². The first kappa shape index (κ1) is 31.8. The molecule has 2 aliphatic rings. The predicted molar refractivity (Wildman–Crippen MR) is 145 cm³/mol. The maximum atomic E-state index is 14.0. The van der Waals surface area contributed by atoms with Crippen LogP contribution < -0.4 is 5.73 Å². The second-order valence-corrected chi connectivity index (χ2v) is 11.1. The summed E-state index contributed by atoms with van der Waals surface area (Å²) in [6.45, 7) is 2.57. The minimum Gasteiger partial charge on any atom is -0.368 e. The van der Waals surface area contributed by atoms with Crippen LogP contribution in [0.5, 0.6) is 0 Å². The molecule has 0 bridgehead atoms. The number of hydrogen-bond acceptors (Lipinski definition) is 4. The summed E-state index contributed by atoms with van der Waals surface area (Å²) in [7, 11) is 0. The topological polar surface area (TPSA) is 69.9 Å². The zero-order valence-electron chi connectivity index (χ0n) is 23.3. The molecule has 0 aliphatic carbocycles. The Kier molecular flexibility index (Phi) is 10.2. The molecule has 42 heavy (non-hydrogen) atoms. The molecule has 230 valence electrons. The normalized spacial score (nSPS) is 18.5. The molecular formula is C30H36F6N4O2. The lowest BCUT2D eigenvalue weighted by Gasteiger charge is -2.43. The van der Waals surface area contributed by atoms with Crippen molar-refractivity contribution in [3.05, 3.63) is 70.8 Å². The number of halogens is 6. The van der Waals surface area contributed by atoms with E-state index in [1.807, 2.05) is 4.90 Å². The first-order valence-electron chi connectivity index (χ1n) is 14.2. The fraction of sp³-hybridized carbons (Fsp3) is 0.533. The molecular weight excluding hydrogens is 562 g/mol. The largest absolute Gasteiger partial charge is 0.416 e. The Bertz CT molecular complexity index is 1170. The zero-order valence-corrected chi connectivity index (χ0v) is 23.3. The molecule has 1 atom stereocenters. The van der Waals surface area contributed by atoms with Crippen LogP contribution in [0.1, 0.15) is 60.4 Å². The van der Waals surface area contributed by atoms with E-state index in [0.717, 1.165) is 30.8 Å². The number of primary amides is 1. The monoisotopic (exact) mass is 598 g/mol. The minimum absolute atomic E-state index is 0.0643. The lowest BCUT2D eigenvalue weighted by Crippen LogP contribution is -2.51. The molecule has 12 heteroatoms. The molecule has 6 nitrogen and oxygen atoms in total. The van der Waals surface area contributed by atoms with E-state index in [2.05, 4.69) is 4.90 Å². The Labute approximate surface area is 241 Å². The number of carbonyl (C=O) groups excluding carboxylic acids is 2. The predicted octanol–water partition coefficient (Wildman–Crippen LogP) is 5.27. The Morgan fingerprint density at radius 1 is 0.857 bits per heavy atom. The third-order valence-electron chi connectivity index (χ3n) is 8.10. The standard InChI is InChI=1S/C30H36F6N4O2/c31-29(32,33)23-17-21(18-24(19-23)30(34,35)36)9-14-40(20-26(37)41)28(42)27(22-7-3-1-4-8-22)39-15-10-25(11-16-39)38-12-5-2-6-13-38/h1,3-4,7-8,17-19,25,27H,2,5-6,9-16,20H2,(H2,37,41). The van der Waals surface area contributed by atoms with Gasteiger partial charge in [0.1, 0.15) is 6.04 Å². The Balaban J connectivity index is 1.56. The molecule has 2 aromatic rings. The third kappa shape index (κ3) is 8.25. The van der Waals surface area contributed by atoms with Crippen LogP contribution in [0.3, 0.4) is 0 Å². The first-order valence-corrected chi connectivity index (χ1v) is 14.2. The van der Waals surface area contributed by atoms with E-state index in [-0.39, 0.29) is 24.6 Å². The third-order valence-corrected chi connectivity index (χ3v) is 8.10. The minimum atomic E-state index is -4.99. The summed E-state index contributed by atoms with van der Waals surface area (Å²) in [5.74, 6) is -1.31. The molecule has 0 radical (unpaired) electrons. The van der Waals surface area contributed by atoms with Gasteiger partial charge in [0.25, 0.3) is 0 Å². The number of alkyl halides is 6. The SMILES string of the molecule is NC(=O)CN(CCc1cc(C(F)(F)F)cc(C(F)(F)F)c1)C(=O)C(c1ccccc1)N1CCC(N2CCCCC2)CC1. The summed E-state index contributed by atoms with van der Waals surface area (Å²) >= 11 is 0. The average molecular weight is 599 g/mol. The van der Waals surface area contributed by atoms with Crippen molar-refractivity contribution in [1.82, 2.24) is 14.7 Å². The van der Waals surface area contributed by atoms with E-state index < -0.39 is 47.9 Å². The Morgan fingerprint density at radius 2 is 1.43 bits per heavy atom. The molecule has 2 fully saturated rings. The van der Waals surface area contributed by atoms with Crippen LogP contribution in [0.2, 0.25) is 0 Å². The lowest BCUT2D eigenvalue weighted by atomic mass is 9.96. The summed E-state index contributed by atoms with van der Waals surface area (Å²) in [5.41, 5.74) is 3.00. The summed E-state index contributed by atoms with van der Waals surface area (Å²) in [5, 5.41) is 0. The van der Waals surface area contributed by atoms with Crippen LogP contribution in [-0.2, 0) is 28.4 Å². The van der Waals surface area contributed by atoms with Gasteiger partial charge in [-0.3, -0.25) is 14.5 Å². The second-order valence-electron chi connectivity index (χ2n) is 11.1. The van der Waals surface area contributed by atoms with Crippen molar-refractivity contribution in [1.29, 1.82) is 0 Å². The average Bonchev–Trinajstić information content (AvgIpc) is 2.95. The molecule has 0 aromatic heterocycles. The molecule has 2 aromatic carbocycles. The number of amides is 2. The smallest absolute Gasteiger partial charge is 0.368 e. The lowest BCUT2D eigenvalue weighted by molar-refractivity contribution is -0.143. The fourth-order valence-electron chi connectivity index (χ4n) is 5.99. The van der Waals surface area contributed by atoms with E-state index in [0.29, 0.717) is 36.8 Å². The molecule has 2 aliphatic heterocycles. The number of nitrogens with two attached hydrogens (primary N) is 1. The van der Waals surface area contributed by atoms with E-state index >= 15 is 0 Å². The summed E-state index contributed by atoms with van der Waals surface area (Å²) < 4.78 is 80.3. The highest BCUT2D eigenvalue weighted by Crippen LogP contribution is 2.37. The van der Waals surface area contributed by atoms with Gasteiger partial charge in [0.2, 0.25) is 11.8 Å². The van der Waals surface area contributed by atoms with Crippen molar-refractivity contribution in [2.45, 2.75) is 63.0 Å². The molecule has 1 unspecified atom stereocenters. The number of carbonyl (C=O) groups is 2. The van der Waals surface area contributed by atoms with Gasteiger partial charge in [0.15, 0.2) is 0 Å². The highest BCUT2D eigenvalue weighted by atomic mass is 19.4. The summed E-state index contributed by atoms with van der Waals surface area (Å²) in [4.78, 5) is 31.7. The Morgan fingerprint density at radius 3 is 1.95 bits per heavy atom. The number of nitrogens with zero attached hydrogens (tertiary/aromatic N) is 3. The number of hydrogen-bond donors (Lipinski definition) is 1. The maximum Gasteiger partial charge on any atom is 0.416 e. The van der Waals surface area contributed by atoms with Crippen LogP contribution in [0.4, 0.5) is 26.3 Å². The van der Waals surface area contributed by atoms with Gasteiger partial charge in [-0.1, -0.05) is 36.8 Å². The number of likely N-dealkylation sites (tertiary alicyclic amines) is 2. The molecule has 0 spiro atoms. The fourth-order valence-corrected chi connectivity index (χ4v) is 5.99. The van der Waals surface area contributed by atoms with Crippen LogP contribution in [0.25, 0.3) is 0 Å². The summed E-state index contributed by atoms with van der Waals surface area (Å²) in [6.07, 6.45) is -5.02. The van der Waals surface area contributed by atoms with Crippen molar-refractivity contribution in [3.63, 3.8) is 0 Å². The number of benzene rings is 2. The molecule has 2 heterocycles. The highest BCUT2D eigenvalue weighted by Gasteiger charge is 2.38. The molecule has 2 N–H and O–H groups in total. The van der Waals surface area contributed by atoms with Crippen LogP contribution in [0, 0.1) is 0 Å². The van der Waals surface area contributed by atoms with Gasteiger partial charge in [-0.25, -0.2) is 0 Å². The van der Waals surface area contributed by atoms with Gasteiger partial charge < -0.3 is 15.5 Å². The maximum absolute atomic E-state index is 14.0. The highest BCUT2D eigenvalue weighted by molar-refractivity contribution is 5.87. The molecule has 4 rings (SSSR count). The van der Waals surface area contributed by atoms with E-state index in [1.165, 1.54) is 19.3 Å². The molecule has 0 saturated carbocycles. The van der Waals surface area contributed by atoms with Crippen LogP contribution in [-0.4, -0.2) is 71.8 Å². The number of piperidine rings is 2. The first-order chi connectivity index (χ1) is 19.8. The Hall–Kier alpha value is -3.12. The van der Waals surface area contributed by atoms with Crippen molar-refractivity contribution in [2.75, 3.05) is 39.3 Å². The second kappa shape index (κ2) is 13.5. The van der Waals surface area contributed by atoms with Crippen molar-refractivity contribution >= 4 is 11.8 Å². The van der Waals surface area contributed by atoms with E-state index in [9.17, 15) is 35.9 Å². The quantitative estimate of drug-likeness (QED) is 0.400. The van der Waals surface area contributed by atoms with Gasteiger partial charge >= 0.3 is 12.4 Å². The van der Waals surface area contributed by atoms with Gasteiger partial charge in [-0.15, -0.1) is 0 Å². The van der Waals surface area contributed by atoms with Gasteiger partial charge in [-0.2, -0.15) is 26.3 Å². The van der Waals surface area contributed by atoms with Crippen LogP contribution in [0.15, 0.2) is 48.5 Å². The van der Waals surface area contributed by atoms with E-state index in [4.69, 9.17) is 5.73 Å². The van der Waals surface area contributed by atoms with E-state index in [1.54, 1.807) is 30.3 Å². The summed E-state index contributed by atoms with van der Waals surface area (Å²) in [6, 6.07) is 9.96. The van der Waals surface area contributed by atoms with Gasteiger partial charge in [0, 0.05) is 25.7 Å². The van der Waals surface area contributed by atoms with Crippen molar-refractivity contribution < 1.29 is 35.9 Å². The van der Waals surface area contributed by atoms with Crippen LogP contribution >= 0.6 is 0 Å². The van der Waals surface area contributed by atoms with Gasteiger partial charge in [0.05, 0.1) is 17.7 Å². The zero-order chi connectivity index (χ0) is 30.5.